The van der Waals surface area contributed by atoms with E-state index in [4.69, 9.17) is 4.98 Å². The molecule has 6 heteroatoms. The molecule has 1 aromatic carbocycles. The van der Waals surface area contributed by atoms with Gasteiger partial charge in [0, 0.05) is 23.8 Å². The Morgan fingerprint density at radius 3 is 2.77 bits per heavy atom. The topological polar surface area (TPSA) is 52.2 Å². The van der Waals surface area contributed by atoms with Crippen molar-refractivity contribution < 1.29 is 0 Å². The number of hydrogen-bond donors (Lipinski definition) is 0. The van der Waals surface area contributed by atoms with E-state index in [-0.39, 0.29) is 11.0 Å². The van der Waals surface area contributed by atoms with Crippen LogP contribution in [0.3, 0.4) is 0 Å². The Bertz CT molecular complexity index is 1050. The van der Waals surface area contributed by atoms with Crippen LogP contribution in [0.5, 0.6) is 0 Å². The van der Waals surface area contributed by atoms with E-state index >= 15 is 0 Å². The molecule has 0 aliphatic heterocycles. The van der Waals surface area contributed by atoms with Crippen molar-refractivity contribution in [1.82, 2.24) is 19.2 Å². The molecule has 0 amide bonds. The highest BCUT2D eigenvalue weighted by Gasteiger charge is 2.38. The van der Waals surface area contributed by atoms with Gasteiger partial charge in [0.1, 0.15) is 0 Å². The predicted molar refractivity (Wildman–Crippen MR) is 106 cm³/mol. The van der Waals surface area contributed by atoms with Crippen molar-refractivity contribution in [3.63, 3.8) is 0 Å². The van der Waals surface area contributed by atoms with Crippen LogP contribution in [0.2, 0.25) is 0 Å². The molecule has 0 spiro atoms. The van der Waals surface area contributed by atoms with Gasteiger partial charge in [0.15, 0.2) is 5.16 Å². The fourth-order valence-corrected chi connectivity index (χ4v) is 4.72. The first-order chi connectivity index (χ1) is 12.5. The molecule has 3 aromatic rings. The molecule has 5 nitrogen and oxygen atoms in total. The third kappa shape index (κ3) is 2.42. The van der Waals surface area contributed by atoms with E-state index in [0.29, 0.717) is 5.78 Å². The van der Waals surface area contributed by atoms with E-state index in [1.54, 1.807) is 20.8 Å². The monoisotopic (exact) mass is 368 g/mol. The average Bonchev–Trinajstić information content (AvgIpc) is 2.96. The summed E-state index contributed by atoms with van der Waals surface area (Å²) in [6, 6.07) is 8.32. The summed E-state index contributed by atoms with van der Waals surface area (Å²) >= 11 is 1.62. The van der Waals surface area contributed by atoms with Crippen LogP contribution in [0.25, 0.3) is 17.0 Å². The lowest BCUT2D eigenvalue weighted by molar-refractivity contribution is 0.439. The molecule has 2 heterocycles. The largest absolute Gasteiger partial charge is 0.268 e. The van der Waals surface area contributed by atoms with E-state index in [9.17, 15) is 4.79 Å². The maximum absolute atomic E-state index is 13.6. The van der Waals surface area contributed by atoms with Gasteiger partial charge in [-0.05, 0) is 24.8 Å². The first kappa shape index (κ1) is 17.3. The van der Waals surface area contributed by atoms with Crippen molar-refractivity contribution >= 4 is 17.5 Å². The molecule has 0 N–H and O–H groups in total. The molecule has 0 radical (unpaired) electrons. The average molecular weight is 369 g/mol. The van der Waals surface area contributed by atoms with Gasteiger partial charge in [-0.1, -0.05) is 56.8 Å². The molecule has 1 aliphatic rings. The first-order valence-electron chi connectivity index (χ1n) is 9.21. The van der Waals surface area contributed by atoms with Crippen molar-refractivity contribution in [3.8, 4) is 11.3 Å². The van der Waals surface area contributed by atoms with Crippen LogP contribution in [0.4, 0.5) is 0 Å². The summed E-state index contributed by atoms with van der Waals surface area (Å²) in [6.07, 6.45) is 2.80. The Balaban J connectivity index is 2.09. The summed E-state index contributed by atoms with van der Waals surface area (Å²) in [5, 5.41) is 5.31. The zero-order chi connectivity index (χ0) is 18.5. The minimum atomic E-state index is -0.211. The third-order valence-corrected chi connectivity index (χ3v) is 6.59. The van der Waals surface area contributed by atoms with Gasteiger partial charge in [-0.25, -0.2) is 14.1 Å². The fraction of sp³-hybridized carbons (Fsp3) is 0.450. The zero-order valence-electron chi connectivity index (χ0n) is 15.7. The maximum atomic E-state index is 13.6. The molecule has 2 aromatic heterocycles. The molecule has 4 rings (SSSR count). The molecular weight excluding hydrogens is 344 g/mol. The van der Waals surface area contributed by atoms with Crippen LogP contribution >= 0.6 is 11.8 Å². The van der Waals surface area contributed by atoms with E-state index in [0.717, 1.165) is 47.0 Å². The second kappa shape index (κ2) is 6.27. The molecular formula is C20H24N4OS. The lowest BCUT2D eigenvalue weighted by Crippen LogP contribution is -2.37. The first-order valence-corrected chi connectivity index (χ1v) is 10.2. The Morgan fingerprint density at radius 1 is 1.27 bits per heavy atom. The van der Waals surface area contributed by atoms with E-state index in [1.165, 1.54) is 5.56 Å². The van der Waals surface area contributed by atoms with Gasteiger partial charge >= 0.3 is 0 Å². The number of thioether (sulfide) groups is 1. The van der Waals surface area contributed by atoms with Gasteiger partial charge in [-0.2, -0.15) is 0 Å². The Kier molecular flexibility index (Phi) is 4.18. The summed E-state index contributed by atoms with van der Waals surface area (Å²) in [7, 11) is 1.86. The van der Waals surface area contributed by atoms with Crippen molar-refractivity contribution in [3.05, 3.63) is 45.7 Å². The molecule has 136 valence electrons. The standard InChI is InChI=1S/C20H24N4OS/c1-5-11-26-19-22-23(4)18-21-16-14-10-8-7-9-13(14)12-20(3,6-2)15(16)17(25)24(18)19/h7-10H,5-6,11-12H2,1-4H3/t20-/m1/s1. The summed E-state index contributed by atoms with van der Waals surface area (Å²) < 4.78 is 3.43. The quantitative estimate of drug-likeness (QED) is 0.657. The van der Waals surface area contributed by atoms with Crippen LogP contribution in [0.15, 0.2) is 34.2 Å². The molecule has 0 saturated heterocycles. The lowest BCUT2D eigenvalue weighted by Gasteiger charge is -2.34. The van der Waals surface area contributed by atoms with Crippen LogP contribution < -0.4 is 5.56 Å². The minimum Gasteiger partial charge on any atom is -0.268 e. The van der Waals surface area contributed by atoms with Crippen LogP contribution in [-0.2, 0) is 18.9 Å². The van der Waals surface area contributed by atoms with Gasteiger partial charge < -0.3 is 0 Å². The third-order valence-electron chi connectivity index (χ3n) is 5.45. The van der Waals surface area contributed by atoms with Crippen molar-refractivity contribution in [2.24, 2.45) is 7.05 Å². The molecule has 0 bridgehead atoms. The molecule has 0 fully saturated rings. The van der Waals surface area contributed by atoms with Crippen molar-refractivity contribution in [1.29, 1.82) is 0 Å². The van der Waals surface area contributed by atoms with Crippen LogP contribution in [0, 0.1) is 0 Å². The number of nitrogens with zero attached hydrogens (tertiary/aromatic N) is 4. The SMILES string of the molecule is CCCSc1nn(C)c2nc3c(c(=O)n12)[C@](C)(CC)Cc1ccccc1-3. The maximum Gasteiger partial charge on any atom is 0.265 e. The number of aromatic nitrogens is 4. The molecule has 26 heavy (non-hydrogen) atoms. The summed E-state index contributed by atoms with van der Waals surface area (Å²) in [4.78, 5) is 18.6. The highest BCUT2D eigenvalue weighted by Crippen LogP contribution is 2.42. The number of fused-ring (bicyclic) bond motifs is 4. The second-order valence-corrected chi connectivity index (χ2v) is 8.34. The van der Waals surface area contributed by atoms with Gasteiger partial charge in [0.05, 0.1) is 11.3 Å². The molecule has 0 saturated carbocycles. The van der Waals surface area contributed by atoms with Crippen molar-refractivity contribution in [2.45, 2.75) is 50.6 Å². The predicted octanol–water partition coefficient (Wildman–Crippen LogP) is 3.82. The zero-order valence-corrected chi connectivity index (χ0v) is 16.6. The van der Waals surface area contributed by atoms with Crippen LogP contribution in [-0.4, -0.2) is 24.9 Å². The molecule has 1 atom stereocenters. The fourth-order valence-electron chi connectivity index (χ4n) is 3.86. The highest BCUT2D eigenvalue weighted by molar-refractivity contribution is 7.99. The van der Waals surface area contributed by atoms with E-state index < -0.39 is 0 Å². The Labute approximate surface area is 157 Å². The van der Waals surface area contributed by atoms with Gasteiger partial charge in [0.25, 0.3) is 5.56 Å². The number of rotatable bonds is 4. The normalized spacial score (nSPS) is 18.8. The number of benzene rings is 1. The Hall–Kier alpha value is -2.08. The summed E-state index contributed by atoms with van der Waals surface area (Å²) in [6.45, 7) is 6.47. The van der Waals surface area contributed by atoms with Gasteiger partial charge in [-0.3, -0.25) is 4.79 Å². The summed E-state index contributed by atoms with van der Waals surface area (Å²) in [5.41, 5.74) is 3.84. The number of hydrogen-bond acceptors (Lipinski definition) is 4. The van der Waals surface area contributed by atoms with Gasteiger partial charge in [0.2, 0.25) is 5.78 Å². The van der Waals surface area contributed by atoms with E-state index in [2.05, 4.69) is 44.1 Å². The smallest absolute Gasteiger partial charge is 0.265 e. The van der Waals surface area contributed by atoms with Gasteiger partial charge in [-0.15, -0.1) is 5.10 Å². The van der Waals surface area contributed by atoms with E-state index in [1.807, 2.05) is 13.1 Å². The minimum absolute atomic E-state index is 0.0376. The lowest BCUT2D eigenvalue weighted by atomic mass is 9.69. The Morgan fingerprint density at radius 2 is 2.04 bits per heavy atom. The number of aryl methyl sites for hydroxylation is 1. The second-order valence-electron chi connectivity index (χ2n) is 7.28. The molecule has 1 aliphatic carbocycles. The van der Waals surface area contributed by atoms with Crippen LogP contribution in [0.1, 0.15) is 44.7 Å². The van der Waals surface area contributed by atoms with Crippen molar-refractivity contribution in [2.75, 3.05) is 5.75 Å². The highest BCUT2D eigenvalue weighted by atomic mass is 32.2. The summed E-state index contributed by atoms with van der Waals surface area (Å²) in [5.74, 6) is 1.55. The molecule has 0 unspecified atom stereocenters.